The Morgan fingerprint density at radius 1 is 1.27 bits per heavy atom. The van der Waals surface area contributed by atoms with E-state index in [1.807, 2.05) is 0 Å². The van der Waals surface area contributed by atoms with E-state index < -0.39 is 0 Å². The predicted molar refractivity (Wildman–Crippen MR) is 62.7 cm³/mol. The van der Waals surface area contributed by atoms with Crippen molar-refractivity contribution in [1.29, 1.82) is 10.5 Å². The van der Waals surface area contributed by atoms with Crippen molar-refractivity contribution < 1.29 is 0 Å². The molecule has 0 aliphatic carbocycles. The maximum atomic E-state index is 8.07. The van der Waals surface area contributed by atoms with Crippen molar-refractivity contribution in [2.75, 3.05) is 6.54 Å². The van der Waals surface area contributed by atoms with Gasteiger partial charge in [0.05, 0.1) is 0 Å². The lowest BCUT2D eigenvalue weighted by Gasteiger charge is -1.90. The summed E-state index contributed by atoms with van der Waals surface area (Å²) in [6.07, 6.45) is 7.93. The summed E-state index contributed by atoms with van der Waals surface area (Å²) in [6, 6.07) is 3.36. The highest BCUT2D eigenvalue weighted by Crippen LogP contribution is 1.95. The van der Waals surface area contributed by atoms with Crippen LogP contribution in [-0.2, 0) is 0 Å². The largest absolute Gasteiger partial charge is 0.330 e. The van der Waals surface area contributed by atoms with E-state index in [1.54, 1.807) is 12.1 Å². The van der Waals surface area contributed by atoms with Gasteiger partial charge in [-0.15, -0.1) is 0 Å². The Hall–Kier alpha value is -1.58. The summed E-state index contributed by atoms with van der Waals surface area (Å²) in [5.74, 6) is 0. The van der Waals surface area contributed by atoms with Crippen LogP contribution in [0.3, 0.4) is 0 Å². The van der Waals surface area contributed by atoms with Crippen molar-refractivity contribution >= 4 is 0 Å². The van der Waals surface area contributed by atoms with Crippen LogP contribution in [0.25, 0.3) is 0 Å². The van der Waals surface area contributed by atoms with Gasteiger partial charge in [-0.2, -0.15) is 10.5 Å². The van der Waals surface area contributed by atoms with E-state index in [2.05, 4.69) is 13.5 Å². The molecule has 0 atom stereocenters. The molecule has 0 rings (SSSR count). The summed E-state index contributed by atoms with van der Waals surface area (Å²) >= 11 is 0. The lowest BCUT2D eigenvalue weighted by atomic mass is 10.2. The Kier molecular flexibility index (Phi) is 15.8. The number of allylic oxidation sites excluding steroid dienone is 3. The molecule has 0 amide bonds. The topological polar surface area (TPSA) is 73.6 Å². The van der Waals surface area contributed by atoms with Crippen molar-refractivity contribution in [3.8, 4) is 12.1 Å². The van der Waals surface area contributed by atoms with E-state index in [9.17, 15) is 0 Å². The number of hydrogen-bond donors (Lipinski definition) is 1. The highest BCUT2D eigenvalue weighted by atomic mass is 14.5. The second kappa shape index (κ2) is 14.9. The molecule has 3 nitrogen and oxygen atoms in total. The number of rotatable bonds is 5. The number of unbranched alkanes of at least 4 members (excludes halogenated alkanes) is 3. The third kappa shape index (κ3) is 15.2. The van der Waals surface area contributed by atoms with Crippen molar-refractivity contribution in [2.45, 2.75) is 32.6 Å². The minimum atomic E-state index is 0.0833. The SMILES string of the molecule is C=CC=C(C#N)C#N.CCCCCCN. The van der Waals surface area contributed by atoms with Gasteiger partial charge in [0.15, 0.2) is 0 Å². The lowest BCUT2D eigenvalue weighted by Crippen LogP contribution is -1.97. The summed E-state index contributed by atoms with van der Waals surface area (Å²) in [6.45, 7) is 6.38. The van der Waals surface area contributed by atoms with Gasteiger partial charge in [0.1, 0.15) is 17.7 Å². The zero-order chi connectivity index (χ0) is 11.9. The molecule has 0 aromatic rings. The smallest absolute Gasteiger partial charge is 0.129 e. The van der Waals surface area contributed by atoms with Crippen LogP contribution in [0.4, 0.5) is 0 Å². The fourth-order valence-corrected chi connectivity index (χ4v) is 0.789. The molecule has 0 aromatic carbocycles. The monoisotopic (exact) mass is 205 g/mol. The molecule has 82 valence electrons. The minimum Gasteiger partial charge on any atom is -0.330 e. The molecular weight excluding hydrogens is 186 g/mol. The van der Waals surface area contributed by atoms with Gasteiger partial charge in [-0.05, 0) is 19.0 Å². The molecule has 0 saturated heterocycles. The van der Waals surface area contributed by atoms with E-state index in [4.69, 9.17) is 16.3 Å². The van der Waals surface area contributed by atoms with Gasteiger partial charge in [-0.1, -0.05) is 38.8 Å². The first-order valence-corrected chi connectivity index (χ1v) is 5.09. The number of hydrogen-bond acceptors (Lipinski definition) is 3. The van der Waals surface area contributed by atoms with Crippen LogP contribution >= 0.6 is 0 Å². The Labute approximate surface area is 92.5 Å². The summed E-state index contributed by atoms with van der Waals surface area (Å²) < 4.78 is 0. The second-order valence-electron chi connectivity index (χ2n) is 2.89. The van der Waals surface area contributed by atoms with Crippen LogP contribution in [0.15, 0.2) is 24.3 Å². The molecule has 0 aliphatic rings. The van der Waals surface area contributed by atoms with E-state index >= 15 is 0 Å². The highest BCUT2D eigenvalue weighted by Gasteiger charge is 1.83. The fourth-order valence-electron chi connectivity index (χ4n) is 0.789. The summed E-state index contributed by atoms with van der Waals surface area (Å²) in [5, 5.41) is 16.1. The standard InChI is InChI=1S/C6H4N2.C6H15N/c1-2-3-6(4-7)5-8;1-2-3-4-5-6-7/h2-3H,1H2;2-7H2,1H3. The van der Waals surface area contributed by atoms with Gasteiger partial charge in [0.25, 0.3) is 0 Å². The van der Waals surface area contributed by atoms with E-state index in [0.717, 1.165) is 6.54 Å². The molecule has 0 aliphatic heterocycles. The van der Waals surface area contributed by atoms with Crippen LogP contribution in [0, 0.1) is 22.7 Å². The third-order valence-corrected chi connectivity index (χ3v) is 1.58. The molecule has 0 fully saturated rings. The maximum absolute atomic E-state index is 8.07. The van der Waals surface area contributed by atoms with E-state index in [-0.39, 0.29) is 5.57 Å². The van der Waals surface area contributed by atoms with Gasteiger partial charge in [-0.25, -0.2) is 0 Å². The predicted octanol–water partition coefficient (Wildman–Crippen LogP) is 2.67. The Morgan fingerprint density at radius 3 is 2.13 bits per heavy atom. The lowest BCUT2D eigenvalue weighted by molar-refractivity contribution is 0.674. The maximum Gasteiger partial charge on any atom is 0.129 e. The minimum absolute atomic E-state index is 0.0833. The van der Waals surface area contributed by atoms with Gasteiger partial charge < -0.3 is 5.73 Å². The van der Waals surface area contributed by atoms with Crippen LogP contribution in [0.2, 0.25) is 0 Å². The van der Waals surface area contributed by atoms with Crippen molar-refractivity contribution in [2.24, 2.45) is 5.73 Å². The molecule has 0 aromatic heterocycles. The quantitative estimate of drug-likeness (QED) is 0.426. The van der Waals surface area contributed by atoms with Gasteiger partial charge >= 0.3 is 0 Å². The average Bonchev–Trinajstić information content (AvgIpc) is 2.27. The molecule has 3 heteroatoms. The molecule has 2 N–H and O–H groups in total. The highest BCUT2D eigenvalue weighted by molar-refractivity contribution is 5.37. The molecule has 0 radical (unpaired) electrons. The van der Waals surface area contributed by atoms with E-state index in [1.165, 1.54) is 37.8 Å². The Bertz CT molecular complexity index is 233. The summed E-state index contributed by atoms with van der Waals surface area (Å²) in [7, 11) is 0. The van der Waals surface area contributed by atoms with Crippen molar-refractivity contribution in [1.82, 2.24) is 0 Å². The van der Waals surface area contributed by atoms with Crippen LogP contribution in [0.1, 0.15) is 32.6 Å². The van der Waals surface area contributed by atoms with Gasteiger partial charge in [-0.3, -0.25) is 0 Å². The molecule has 0 unspecified atom stereocenters. The van der Waals surface area contributed by atoms with E-state index in [0.29, 0.717) is 0 Å². The zero-order valence-corrected chi connectivity index (χ0v) is 9.37. The van der Waals surface area contributed by atoms with Crippen LogP contribution < -0.4 is 5.73 Å². The van der Waals surface area contributed by atoms with Crippen LogP contribution in [0.5, 0.6) is 0 Å². The van der Waals surface area contributed by atoms with Gasteiger partial charge in [0.2, 0.25) is 0 Å². The second-order valence-corrected chi connectivity index (χ2v) is 2.89. The molecule has 0 heterocycles. The van der Waals surface area contributed by atoms with Crippen LogP contribution in [-0.4, -0.2) is 6.54 Å². The zero-order valence-electron chi connectivity index (χ0n) is 9.37. The average molecular weight is 205 g/mol. The number of nitrogens with zero attached hydrogens (tertiary/aromatic N) is 2. The molecular formula is C12H19N3. The molecule has 15 heavy (non-hydrogen) atoms. The van der Waals surface area contributed by atoms with Crippen molar-refractivity contribution in [3.63, 3.8) is 0 Å². The summed E-state index contributed by atoms with van der Waals surface area (Å²) in [4.78, 5) is 0. The van der Waals surface area contributed by atoms with Gasteiger partial charge in [0, 0.05) is 0 Å². The Balaban J connectivity index is 0. The van der Waals surface area contributed by atoms with Crippen molar-refractivity contribution in [3.05, 3.63) is 24.3 Å². The third-order valence-electron chi connectivity index (χ3n) is 1.58. The molecule has 0 saturated carbocycles. The summed E-state index contributed by atoms with van der Waals surface area (Å²) in [5.41, 5.74) is 5.35. The first-order valence-electron chi connectivity index (χ1n) is 5.09. The number of nitriles is 2. The first kappa shape index (κ1) is 15.9. The normalized spacial score (nSPS) is 7.47. The molecule has 0 bridgehead atoms. The Morgan fingerprint density at radius 2 is 1.87 bits per heavy atom. The fraction of sp³-hybridized carbons (Fsp3) is 0.500. The first-order chi connectivity index (χ1) is 7.26. The molecule has 0 spiro atoms. The number of nitrogens with two attached hydrogens (primary N) is 1.